The summed E-state index contributed by atoms with van der Waals surface area (Å²) in [5.41, 5.74) is 7.29. The second-order valence-corrected chi connectivity index (χ2v) is 6.50. The van der Waals surface area contributed by atoms with Crippen molar-refractivity contribution >= 4 is 23.2 Å². The number of carbonyl (C=O) groups is 2. The Hall–Kier alpha value is -2.86. The van der Waals surface area contributed by atoms with Crippen molar-refractivity contribution in [1.29, 1.82) is 0 Å². The maximum absolute atomic E-state index is 12.3. The van der Waals surface area contributed by atoms with Crippen LogP contribution in [-0.4, -0.2) is 25.0 Å². The van der Waals surface area contributed by atoms with Gasteiger partial charge < -0.3 is 21.1 Å². The third kappa shape index (κ3) is 4.61. The smallest absolute Gasteiger partial charge is 0.255 e. The molecule has 0 heterocycles. The number of carbonyl (C=O) groups excluding carboxylic acids is 2. The molecule has 1 saturated carbocycles. The number of hydrogen-bond donors (Lipinski definition) is 3. The van der Waals surface area contributed by atoms with Gasteiger partial charge in [-0.1, -0.05) is 6.92 Å². The molecule has 26 heavy (non-hydrogen) atoms. The topological polar surface area (TPSA) is 93.5 Å². The minimum absolute atomic E-state index is 0.0478. The van der Waals surface area contributed by atoms with E-state index in [1.807, 2.05) is 0 Å². The van der Waals surface area contributed by atoms with E-state index in [1.165, 1.54) is 0 Å². The van der Waals surface area contributed by atoms with E-state index in [-0.39, 0.29) is 17.7 Å². The average Bonchev–Trinajstić information content (AvgIpc) is 3.38. The summed E-state index contributed by atoms with van der Waals surface area (Å²) >= 11 is 0. The van der Waals surface area contributed by atoms with Gasteiger partial charge in [0, 0.05) is 29.4 Å². The number of benzene rings is 2. The quantitative estimate of drug-likeness (QED) is 0.713. The Balaban J connectivity index is 1.55. The predicted molar refractivity (Wildman–Crippen MR) is 101 cm³/mol. The standard InChI is InChI=1S/C20H23N3O3/c1-13-12-18(13)20(25)23-15-4-2-14(3-5-15)19(24)22-16-6-8-17(9-7-16)26-11-10-21/h2-9,13,18H,10-12,21H2,1H3,(H,22,24)(H,23,25). The van der Waals surface area contributed by atoms with Gasteiger partial charge in [0.05, 0.1) is 0 Å². The Morgan fingerprint density at radius 2 is 1.62 bits per heavy atom. The van der Waals surface area contributed by atoms with Crippen molar-refractivity contribution in [2.24, 2.45) is 17.6 Å². The van der Waals surface area contributed by atoms with Crippen LogP contribution in [-0.2, 0) is 4.79 Å². The van der Waals surface area contributed by atoms with Gasteiger partial charge in [0.25, 0.3) is 5.91 Å². The molecule has 3 rings (SSSR count). The average molecular weight is 353 g/mol. The van der Waals surface area contributed by atoms with Crippen LogP contribution in [0.1, 0.15) is 23.7 Å². The van der Waals surface area contributed by atoms with Crippen molar-refractivity contribution in [3.8, 4) is 5.75 Å². The normalized spacial score (nSPS) is 18.1. The number of ether oxygens (including phenoxy) is 1. The molecule has 1 fully saturated rings. The van der Waals surface area contributed by atoms with Crippen LogP contribution in [0.5, 0.6) is 5.75 Å². The zero-order valence-corrected chi connectivity index (χ0v) is 14.7. The van der Waals surface area contributed by atoms with Gasteiger partial charge in [-0.05, 0) is 60.9 Å². The second kappa shape index (κ2) is 8.01. The fourth-order valence-electron chi connectivity index (χ4n) is 2.64. The molecule has 0 aromatic heterocycles. The van der Waals surface area contributed by atoms with Gasteiger partial charge in [0.2, 0.25) is 5.91 Å². The number of rotatable bonds is 7. The minimum atomic E-state index is -0.214. The highest BCUT2D eigenvalue weighted by atomic mass is 16.5. The maximum Gasteiger partial charge on any atom is 0.255 e. The van der Waals surface area contributed by atoms with Crippen LogP contribution in [0.4, 0.5) is 11.4 Å². The number of nitrogens with two attached hydrogens (primary N) is 1. The molecule has 136 valence electrons. The van der Waals surface area contributed by atoms with E-state index in [9.17, 15) is 9.59 Å². The van der Waals surface area contributed by atoms with Crippen molar-refractivity contribution in [3.63, 3.8) is 0 Å². The van der Waals surface area contributed by atoms with Crippen molar-refractivity contribution in [1.82, 2.24) is 0 Å². The van der Waals surface area contributed by atoms with Crippen molar-refractivity contribution in [2.45, 2.75) is 13.3 Å². The first kappa shape index (κ1) is 17.9. The summed E-state index contributed by atoms with van der Waals surface area (Å²) in [4.78, 5) is 24.3. The van der Waals surface area contributed by atoms with E-state index in [4.69, 9.17) is 10.5 Å². The minimum Gasteiger partial charge on any atom is -0.492 e. The molecular formula is C20H23N3O3. The SMILES string of the molecule is CC1CC1C(=O)Nc1ccc(C(=O)Nc2ccc(OCCN)cc2)cc1. The summed E-state index contributed by atoms with van der Waals surface area (Å²) in [6.07, 6.45) is 0.947. The van der Waals surface area contributed by atoms with Crippen LogP contribution in [0.25, 0.3) is 0 Å². The Kier molecular flexibility index (Phi) is 5.53. The second-order valence-electron chi connectivity index (χ2n) is 6.50. The maximum atomic E-state index is 12.3. The summed E-state index contributed by atoms with van der Waals surface area (Å²) < 4.78 is 5.40. The van der Waals surface area contributed by atoms with Crippen LogP contribution in [0, 0.1) is 11.8 Å². The molecule has 2 amide bonds. The molecule has 0 spiro atoms. The third-order valence-electron chi connectivity index (χ3n) is 4.36. The fraction of sp³-hybridized carbons (Fsp3) is 0.300. The highest BCUT2D eigenvalue weighted by Crippen LogP contribution is 2.38. The first-order chi connectivity index (χ1) is 12.6. The molecule has 2 atom stereocenters. The Bertz CT molecular complexity index is 772. The molecule has 1 aliphatic rings. The monoisotopic (exact) mass is 353 g/mol. The van der Waals surface area contributed by atoms with Crippen LogP contribution in [0.2, 0.25) is 0 Å². The number of anilines is 2. The lowest BCUT2D eigenvalue weighted by molar-refractivity contribution is -0.117. The largest absolute Gasteiger partial charge is 0.492 e. The molecule has 6 nitrogen and oxygen atoms in total. The van der Waals surface area contributed by atoms with Gasteiger partial charge in [-0.2, -0.15) is 0 Å². The van der Waals surface area contributed by atoms with Gasteiger partial charge in [-0.25, -0.2) is 0 Å². The highest BCUT2D eigenvalue weighted by Gasteiger charge is 2.39. The van der Waals surface area contributed by atoms with E-state index < -0.39 is 0 Å². The molecular weight excluding hydrogens is 330 g/mol. The summed E-state index contributed by atoms with van der Waals surface area (Å²) in [5, 5.41) is 5.71. The summed E-state index contributed by atoms with van der Waals surface area (Å²) in [7, 11) is 0. The lowest BCUT2D eigenvalue weighted by Gasteiger charge is -2.09. The van der Waals surface area contributed by atoms with Gasteiger partial charge >= 0.3 is 0 Å². The van der Waals surface area contributed by atoms with Crippen molar-refractivity contribution < 1.29 is 14.3 Å². The van der Waals surface area contributed by atoms with Crippen LogP contribution in [0.15, 0.2) is 48.5 Å². The van der Waals surface area contributed by atoms with Crippen LogP contribution in [0.3, 0.4) is 0 Å². The van der Waals surface area contributed by atoms with Gasteiger partial charge in [0.15, 0.2) is 0 Å². The van der Waals surface area contributed by atoms with E-state index >= 15 is 0 Å². The van der Waals surface area contributed by atoms with Gasteiger partial charge in [0.1, 0.15) is 12.4 Å². The van der Waals surface area contributed by atoms with Crippen molar-refractivity contribution in [3.05, 3.63) is 54.1 Å². The van der Waals surface area contributed by atoms with E-state index in [2.05, 4.69) is 17.6 Å². The Morgan fingerprint density at radius 3 is 2.19 bits per heavy atom. The lowest BCUT2D eigenvalue weighted by Crippen LogP contribution is -2.15. The summed E-state index contributed by atoms with van der Waals surface area (Å²) in [6, 6.07) is 14.0. The van der Waals surface area contributed by atoms with Crippen LogP contribution >= 0.6 is 0 Å². The molecule has 0 bridgehead atoms. The van der Waals surface area contributed by atoms with Gasteiger partial charge in [-0.15, -0.1) is 0 Å². The molecule has 1 aliphatic carbocycles. The molecule has 2 aromatic carbocycles. The fourth-order valence-corrected chi connectivity index (χ4v) is 2.64. The lowest BCUT2D eigenvalue weighted by atomic mass is 10.2. The molecule has 2 unspecified atom stereocenters. The summed E-state index contributed by atoms with van der Waals surface area (Å²) in [6.45, 7) is 2.97. The summed E-state index contributed by atoms with van der Waals surface area (Å²) in [5.74, 6) is 1.13. The van der Waals surface area contributed by atoms with Gasteiger partial charge in [-0.3, -0.25) is 9.59 Å². The zero-order chi connectivity index (χ0) is 18.5. The first-order valence-electron chi connectivity index (χ1n) is 8.72. The number of hydrogen-bond acceptors (Lipinski definition) is 4. The van der Waals surface area contributed by atoms with E-state index in [1.54, 1.807) is 48.5 Å². The van der Waals surface area contributed by atoms with Crippen LogP contribution < -0.4 is 21.1 Å². The Morgan fingerprint density at radius 1 is 1.04 bits per heavy atom. The predicted octanol–water partition coefficient (Wildman–Crippen LogP) is 2.87. The molecule has 4 N–H and O–H groups in total. The van der Waals surface area contributed by atoms with Crippen molar-refractivity contribution in [2.75, 3.05) is 23.8 Å². The first-order valence-corrected chi connectivity index (χ1v) is 8.72. The molecule has 2 aromatic rings. The number of nitrogens with one attached hydrogen (secondary N) is 2. The number of amides is 2. The molecule has 0 radical (unpaired) electrons. The molecule has 0 saturated heterocycles. The molecule has 0 aliphatic heterocycles. The van der Waals surface area contributed by atoms with E-state index in [0.29, 0.717) is 41.8 Å². The Labute approximate surface area is 152 Å². The van der Waals surface area contributed by atoms with E-state index in [0.717, 1.165) is 6.42 Å². The highest BCUT2D eigenvalue weighted by molar-refractivity contribution is 6.04. The third-order valence-corrected chi connectivity index (χ3v) is 4.36. The zero-order valence-electron chi connectivity index (χ0n) is 14.7. The molecule has 6 heteroatoms.